The number of halogens is 1. The first-order valence-electron chi connectivity index (χ1n) is 8.44. The van der Waals surface area contributed by atoms with Crippen LogP contribution in [0.5, 0.6) is 5.75 Å². The monoisotopic (exact) mass is 447 g/mol. The summed E-state index contributed by atoms with van der Waals surface area (Å²) in [5, 5.41) is 17.1. The summed E-state index contributed by atoms with van der Waals surface area (Å²) >= 11 is 14.5. The van der Waals surface area contributed by atoms with Gasteiger partial charge in [-0.05, 0) is 55.2 Å². The van der Waals surface area contributed by atoms with E-state index in [9.17, 15) is 10.1 Å². The van der Waals surface area contributed by atoms with E-state index in [4.69, 9.17) is 28.6 Å². The maximum atomic E-state index is 12.7. The van der Waals surface area contributed by atoms with Gasteiger partial charge < -0.3 is 10.1 Å². The van der Waals surface area contributed by atoms with Gasteiger partial charge in [-0.2, -0.15) is 5.26 Å². The minimum atomic E-state index is -0.384. The van der Waals surface area contributed by atoms with E-state index < -0.39 is 0 Å². The van der Waals surface area contributed by atoms with Crippen molar-refractivity contribution < 1.29 is 9.53 Å². The van der Waals surface area contributed by atoms with E-state index >= 15 is 0 Å². The molecule has 1 aliphatic carbocycles. The lowest BCUT2D eigenvalue weighted by Crippen LogP contribution is -2.33. The molecule has 5 nitrogen and oxygen atoms in total. The molecular weight excluding hydrogens is 434 g/mol. The molecule has 0 saturated carbocycles. The van der Waals surface area contributed by atoms with Gasteiger partial charge in [-0.15, -0.1) is 22.7 Å². The van der Waals surface area contributed by atoms with Crippen LogP contribution in [-0.2, 0) is 12.8 Å². The van der Waals surface area contributed by atoms with Gasteiger partial charge in [-0.25, -0.2) is 0 Å². The van der Waals surface area contributed by atoms with Crippen molar-refractivity contribution >= 4 is 72.6 Å². The summed E-state index contributed by atoms with van der Waals surface area (Å²) in [6.45, 7) is 0. The predicted molar refractivity (Wildman–Crippen MR) is 118 cm³/mol. The van der Waals surface area contributed by atoms with Gasteiger partial charge >= 0.3 is 0 Å². The number of fused-ring (bicyclic) bond motifs is 2. The van der Waals surface area contributed by atoms with Crippen molar-refractivity contribution in [1.82, 2.24) is 5.32 Å². The van der Waals surface area contributed by atoms with E-state index in [-0.39, 0.29) is 11.0 Å². The lowest BCUT2D eigenvalue weighted by Gasteiger charge is -2.08. The third-order valence-electron chi connectivity index (χ3n) is 4.53. The molecule has 0 atom stereocenters. The van der Waals surface area contributed by atoms with Crippen LogP contribution in [0.25, 0.3) is 10.1 Å². The number of carbonyl (C=O) groups excluding carboxylic acids is 1. The zero-order valence-corrected chi connectivity index (χ0v) is 17.9. The molecule has 0 fully saturated rings. The summed E-state index contributed by atoms with van der Waals surface area (Å²) in [5.74, 6) is 0.314. The first-order valence-corrected chi connectivity index (χ1v) is 10.9. The van der Waals surface area contributed by atoms with Crippen LogP contribution in [0.4, 0.5) is 5.00 Å². The maximum absolute atomic E-state index is 12.7. The van der Waals surface area contributed by atoms with Gasteiger partial charge in [-0.3, -0.25) is 10.1 Å². The Balaban J connectivity index is 1.53. The SMILES string of the molecule is COc1ccc2c(Cl)c(C(=O)NC(=S)Nc3sc4c(c3C#N)CCC4)sc2c1. The standard InChI is InChI=1S/C19H14ClN3O2S3/c1-25-9-5-6-11-14(7-9)27-16(15(11)20)17(24)22-19(26)23-18-12(8-21)10-3-2-4-13(10)28-18/h5-7H,2-4H2,1H3,(H2,22,23,24,26). The largest absolute Gasteiger partial charge is 0.497 e. The van der Waals surface area contributed by atoms with Crippen molar-refractivity contribution in [3.05, 3.63) is 44.1 Å². The first kappa shape index (κ1) is 19.2. The topological polar surface area (TPSA) is 74.2 Å². The molecule has 0 unspecified atom stereocenters. The fourth-order valence-corrected chi connectivity index (χ4v) is 6.17. The molecule has 4 rings (SSSR count). The van der Waals surface area contributed by atoms with Crippen LogP contribution >= 0.6 is 46.5 Å². The van der Waals surface area contributed by atoms with Crippen molar-refractivity contribution in [3.8, 4) is 11.8 Å². The van der Waals surface area contributed by atoms with Gasteiger partial charge in [-0.1, -0.05) is 11.6 Å². The van der Waals surface area contributed by atoms with Gasteiger partial charge in [0.15, 0.2) is 5.11 Å². The molecule has 9 heteroatoms. The van der Waals surface area contributed by atoms with E-state index in [1.54, 1.807) is 13.2 Å². The van der Waals surface area contributed by atoms with E-state index in [2.05, 4.69) is 16.7 Å². The molecule has 3 aromatic rings. The fraction of sp³-hybridized carbons (Fsp3) is 0.211. The average Bonchev–Trinajstić information content (AvgIpc) is 3.34. The summed E-state index contributed by atoms with van der Waals surface area (Å²) in [6, 6.07) is 7.71. The third kappa shape index (κ3) is 3.35. The Bertz CT molecular complexity index is 1160. The van der Waals surface area contributed by atoms with E-state index in [1.807, 2.05) is 12.1 Å². The highest BCUT2D eigenvalue weighted by molar-refractivity contribution is 7.80. The number of nitriles is 1. The highest BCUT2D eigenvalue weighted by Gasteiger charge is 2.23. The molecule has 1 amide bonds. The molecule has 1 aromatic carbocycles. The molecule has 28 heavy (non-hydrogen) atoms. The number of nitrogens with zero attached hydrogens (tertiary/aromatic N) is 1. The van der Waals surface area contributed by atoms with Gasteiger partial charge in [0.25, 0.3) is 5.91 Å². The molecule has 0 radical (unpaired) electrons. The van der Waals surface area contributed by atoms with E-state index in [0.29, 0.717) is 26.2 Å². The summed E-state index contributed by atoms with van der Waals surface area (Å²) in [4.78, 5) is 14.3. The molecular formula is C19H14ClN3O2S3. The Morgan fingerprint density at radius 3 is 2.93 bits per heavy atom. The number of amides is 1. The normalized spacial score (nSPS) is 12.5. The number of hydrogen-bond acceptors (Lipinski definition) is 6. The van der Waals surface area contributed by atoms with Crippen LogP contribution in [0.1, 0.15) is 32.1 Å². The number of anilines is 1. The van der Waals surface area contributed by atoms with Crippen LogP contribution in [0.3, 0.4) is 0 Å². The summed E-state index contributed by atoms with van der Waals surface area (Å²) < 4.78 is 6.07. The van der Waals surface area contributed by atoms with E-state index in [0.717, 1.165) is 34.9 Å². The number of methoxy groups -OCH3 is 1. The molecule has 2 heterocycles. The third-order valence-corrected chi connectivity index (χ3v) is 7.60. The van der Waals surface area contributed by atoms with Crippen LogP contribution in [0.15, 0.2) is 18.2 Å². The summed E-state index contributed by atoms with van der Waals surface area (Å²) in [6.07, 6.45) is 2.97. The molecule has 0 saturated heterocycles. The molecule has 142 valence electrons. The van der Waals surface area contributed by atoms with Crippen molar-refractivity contribution in [2.24, 2.45) is 0 Å². The number of rotatable bonds is 3. The lowest BCUT2D eigenvalue weighted by atomic mass is 10.1. The van der Waals surface area contributed by atoms with Crippen molar-refractivity contribution in [2.75, 3.05) is 12.4 Å². The minimum Gasteiger partial charge on any atom is -0.497 e. The molecule has 2 aromatic heterocycles. The van der Waals surface area contributed by atoms with Crippen molar-refractivity contribution in [1.29, 1.82) is 5.26 Å². The Morgan fingerprint density at radius 1 is 1.36 bits per heavy atom. The number of thiocarbonyl (C=S) groups is 1. The van der Waals surface area contributed by atoms with Crippen LogP contribution in [0.2, 0.25) is 5.02 Å². The molecule has 2 N–H and O–H groups in total. The molecule has 0 aliphatic heterocycles. The van der Waals surface area contributed by atoms with Gasteiger partial charge in [0.05, 0.1) is 17.7 Å². The van der Waals surface area contributed by atoms with Crippen molar-refractivity contribution in [3.63, 3.8) is 0 Å². The number of benzene rings is 1. The van der Waals surface area contributed by atoms with E-state index in [1.165, 1.54) is 27.6 Å². The molecule has 0 bridgehead atoms. The summed E-state index contributed by atoms with van der Waals surface area (Å²) in [7, 11) is 1.59. The fourth-order valence-electron chi connectivity index (χ4n) is 3.22. The Kier molecular flexibility index (Phi) is 5.25. The van der Waals surface area contributed by atoms with Crippen LogP contribution in [0, 0.1) is 11.3 Å². The number of aryl methyl sites for hydroxylation is 1. The minimum absolute atomic E-state index is 0.146. The Hall–Kier alpha value is -2.18. The molecule has 1 aliphatic rings. The van der Waals surface area contributed by atoms with Gasteiger partial charge in [0.1, 0.15) is 21.7 Å². The lowest BCUT2D eigenvalue weighted by molar-refractivity contribution is 0.0982. The Labute approximate surface area is 179 Å². The zero-order valence-electron chi connectivity index (χ0n) is 14.7. The zero-order chi connectivity index (χ0) is 19.8. The number of carbonyl (C=O) groups is 1. The second kappa shape index (κ2) is 7.68. The van der Waals surface area contributed by atoms with Crippen molar-refractivity contribution in [2.45, 2.75) is 19.3 Å². The quantitative estimate of drug-likeness (QED) is 0.545. The maximum Gasteiger partial charge on any atom is 0.269 e. The number of nitrogens with one attached hydrogen (secondary N) is 2. The Morgan fingerprint density at radius 2 is 2.18 bits per heavy atom. The second-order valence-corrected chi connectivity index (χ2v) is 9.13. The van der Waals surface area contributed by atoms with Gasteiger partial charge in [0.2, 0.25) is 0 Å². The highest BCUT2D eigenvalue weighted by atomic mass is 35.5. The smallest absolute Gasteiger partial charge is 0.269 e. The number of ether oxygens (including phenoxy) is 1. The average molecular weight is 448 g/mol. The van der Waals surface area contributed by atoms with Crippen LogP contribution < -0.4 is 15.4 Å². The number of thiophene rings is 2. The molecule has 0 spiro atoms. The predicted octanol–water partition coefficient (Wildman–Crippen LogP) is 5.11. The number of hydrogen-bond donors (Lipinski definition) is 2. The second-order valence-electron chi connectivity index (χ2n) is 6.19. The first-order chi connectivity index (χ1) is 13.5. The highest BCUT2D eigenvalue weighted by Crippen LogP contribution is 2.39. The van der Waals surface area contributed by atoms with Crippen LogP contribution in [-0.4, -0.2) is 18.1 Å². The summed E-state index contributed by atoms with van der Waals surface area (Å²) in [5.41, 5.74) is 1.73. The van der Waals surface area contributed by atoms with Gasteiger partial charge in [0, 0.05) is 15.0 Å².